The molecule has 1 fully saturated rings. The number of fused-ring (bicyclic) bond motifs is 2. The van der Waals surface area contributed by atoms with Crippen molar-refractivity contribution in [3.05, 3.63) is 29.8 Å². The van der Waals surface area contributed by atoms with Crippen LogP contribution in [0.1, 0.15) is 31.9 Å². The first-order valence-electron chi connectivity index (χ1n) is 5.54. The molecule has 0 N–H and O–H groups in total. The van der Waals surface area contributed by atoms with Gasteiger partial charge in [-0.15, -0.1) is 0 Å². The van der Waals surface area contributed by atoms with Crippen LogP contribution < -0.4 is 4.74 Å². The van der Waals surface area contributed by atoms with E-state index in [0.717, 1.165) is 17.7 Å². The van der Waals surface area contributed by atoms with E-state index in [1.54, 1.807) is 0 Å². The summed E-state index contributed by atoms with van der Waals surface area (Å²) < 4.78 is 11.3. The predicted octanol–water partition coefficient (Wildman–Crippen LogP) is 2.46. The number of hydrogen-bond acceptors (Lipinski definition) is 3. The lowest BCUT2D eigenvalue weighted by molar-refractivity contribution is -0.151. The molecule has 0 spiro atoms. The van der Waals surface area contributed by atoms with Gasteiger partial charge < -0.3 is 9.47 Å². The molecule has 3 nitrogen and oxygen atoms in total. The van der Waals surface area contributed by atoms with Crippen molar-refractivity contribution in [3.63, 3.8) is 0 Å². The van der Waals surface area contributed by atoms with Gasteiger partial charge in [-0.3, -0.25) is 4.79 Å². The molecule has 3 unspecified atom stereocenters. The predicted molar refractivity (Wildman–Crippen MR) is 58.1 cm³/mol. The molecular formula is C13H14O3. The first kappa shape index (κ1) is 9.70. The van der Waals surface area contributed by atoms with Crippen LogP contribution in [0.15, 0.2) is 24.3 Å². The largest absolute Gasteiger partial charge is 0.489 e. The van der Waals surface area contributed by atoms with E-state index in [1.807, 2.05) is 24.3 Å². The van der Waals surface area contributed by atoms with Crippen molar-refractivity contribution in [3.8, 4) is 5.75 Å². The van der Waals surface area contributed by atoms with Crippen LogP contribution >= 0.6 is 0 Å². The van der Waals surface area contributed by atoms with Crippen molar-refractivity contribution in [1.82, 2.24) is 0 Å². The maximum Gasteiger partial charge on any atom is 0.303 e. The SMILES string of the molecule is CC(=O)OC1c2ccccc2OC2CC21C. The van der Waals surface area contributed by atoms with E-state index in [2.05, 4.69) is 6.92 Å². The van der Waals surface area contributed by atoms with Gasteiger partial charge in [0, 0.05) is 17.9 Å². The second kappa shape index (κ2) is 3.00. The third kappa shape index (κ3) is 1.24. The third-order valence-electron chi connectivity index (χ3n) is 3.55. The second-order valence-electron chi connectivity index (χ2n) is 4.84. The van der Waals surface area contributed by atoms with E-state index >= 15 is 0 Å². The topological polar surface area (TPSA) is 35.5 Å². The van der Waals surface area contributed by atoms with E-state index in [-0.39, 0.29) is 23.6 Å². The average Bonchev–Trinajstić information content (AvgIpc) is 2.89. The summed E-state index contributed by atoms with van der Waals surface area (Å²) in [7, 11) is 0. The van der Waals surface area contributed by atoms with Crippen molar-refractivity contribution < 1.29 is 14.3 Å². The highest BCUT2D eigenvalue weighted by molar-refractivity contribution is 5.67. The number of rotatable bonds is 1. The maximum absolute atomic E-state index is 11.2. The van der Waals surface area contributed by atoms with Gasteiger partial charge in [-0.05, 0) is 12.5 Å². The number of carbonyl (C=O) groups excluding carboxylic acids is 1. The zero-order chi connectivity index (χ0) is 11.3. The van der Waals surface area contributed by atoms with Gasteiger partial charge in [0.1, 0.15) is 18.0 Å². The standard InChI is InChI=1S/C13H14O3/c1-8(14)15-12-9-5-3-4-6-10(9)16-11-7-13(11,12)2/h3-6,11-12H,7H2,1-2H3. The van der Waals surface area contributed by atoms with Crippen LogP contribution in [-0.4, -0.2) is 12.1 Å². The quantitative estimate of drug-likeness (QED) is 0.679. The highest BCUT2D eigenvalue weighted by Gasteiger charge is 2.62. The molecule has 1 aliphatic heterocycles. The summed E-state index contributed by atoms with van der Waals surface area (Å²) in [6.45, 7) is 3.57. The molecular weight excluding hydrogens is 204 g/mol. The van der Waals surface area contributed by atoms with Gasteiger partial charge in [0.05, 0.1) is 0 Å². The fraction of sp³-hybridized carbons (Fsp3) is 0.462. The van der Waals surface area contributed by atoms with Gasteiger partial charge in [0.15, 0.2) is 0 Å². The smallest absolute Gasteiger partial charge is 0.303 e. The fourth-order valence-electron chi connectivity index (χ4n) is 2.47. The second-order valence-corrected chi connectivity index (χ2v) is 4.84. The van der Waals surface area contributed by atoms with Crippen molar-refractivity contribution >= 4 is 5.97 Å². The van der Waals surface area contributed by atoms with Crippen LogP contribution in [0.3, 0.4) is 0 Å². The first-order chi connectivity index (χ1) is 7.61. The van der Waals surface area contributed by atoms with E-state index in [9.17, 15) is 4.79 Å². The monoisotopic (exact) mass is 218 g/mol. The summed E-state index contributed by atoms with van der Waals surface area (Å²) in [6.07, 6.45) is 1.01. The lowest BCUT2D eigenvalue weighted by Gasteiger charge is -2.30. The van der Waals surface area contributed by atoms with Gasteiger partial charge in [-0.25, -0.2) is 0 Å². The summed E-state index contributed by atoms with van der Waals surface area (Å²) in [5.41, 5.74) is 0.967. The Labute approximate surface area is 94.4 Å². The highest BCUT2D eigenvalue weighted by atomic mass is 16.6. The number of benzene rings is 1. The Kier molecular flexibility index (Phi) is 1.82. The van der Waals surface area contributed by atoms with Crippen LogP contribution in [0.5, 0.6) is 5.75 Å². The van der Waals surface area contributed by atoms with E-state index in [1.165, 1.54) is 6.92 Å². The Bertz CT molecular complexity index is 454. The Morgan fingerprint density at radius 1 is 1.50 bits per heavy atom. The van der Waals surface area contributed by atoms with Crippen LogP contribution in [0, 0.1) is 5.41 Å². The molecule has 3 heteroatoms. The molecule has 1 aromatic rings. The number of esters is 1. The van der Waals surface area contributed by atoms with E-state index < -0.39 is 0 Å². The van der Waals surface area contributed by atoms with Crippen LogP contribution in [0.2, 0.25) is 0 Å². The van der Waals surface area contributed by atoms with Gasteiger partial charge in [0.2, 0.25) is 0 Å². The van der Waals surface area contributed by atoms with Crippen LogP contribution in [0.4, 0.5) is 0 Å². The lowest BCUT2D eigenvalue weighted by Crippen LogP contribution is -2.27. The Balaban J connectivity index is 2.03. The maximum atomic E-state index is 11.2. The summed E-state index contributed by atoms with van der Waals surface area (Å²) in [5.74, 6) is 0.627. The summed E-state index contributed by atoms with van der Waals surface area (Å²) >= 11 is 0. The molecule has 3 atom stereocenters. The molecule has 0 radical (unpaired) electrons. The normalized spacial score (nSPS) is 34.4. The van der Waals surface area contributed by atoms with Crippen LogP contribution in [0.25, 0.3) is 0 Å². The molecule has 0 amide bonds. The number of para-hydroxylation sites is 1. The molecule has 84 valence electrons. The third-order valence-corrected chi connectivity index (χ3v) is 3.55. The molecule has 1 heterocycles. The minimum Gasteiger partial charge on any atom is -0.489 e. The van der Waals surface area contributed by atoms with Crippen LogP contribution in [-0.2, 0) is 9.53 Å². The Morgan fingerprint density at radius 2 is 2.25 bits per heavy atom. The summed E-state index contributed by atoms with van der Waals surface area (Å²) in [5, 5.41) is 0. The number of ether oxygens (including phenoxy) is 2. The number of hydrogen-bond donors (Lipinski definition) is 0. The van der Waals surface area contributed by atoms with Crippen molar-refractivity contribution in [2.45, 2.75) is 32.5 Å². The molecule has 0 aromatic heterocycles. The molecule has 16 heavy (non-hydrogen) atoms. The Morgan fingerprint density at radius 3 is 3.00 bits per heavy atom. The highest BCUT2D eigenvalue weighted by Crippen LogP contribution is 2.62. The molecule has 1 aliphatic carbocycles. The number of carbonyl (C=O) groups is 1. The zero-order valence-electron chi connectivity index (χ0n) is 9.40. The lowest BCUT2D eigenvalue weighted by atomic mass is 9.91. The molecule has 1 saturated carbocycles. The Hall–Kier alpha value is -1.51. The average molecular weight is 218 g/mol. The molecule has 2 aliphatic rings. The molecule has 3 rings (SSSR count). The van der Waals surface area contributed by atoms with Crippen molar-refractivity contribution in [2.24, 2.45) is 5.41 Å². The van der Waals surface area contributed by atoms with Gasteiger partial charge >= 0.3 is 5.97 Å². The van der Waals surface area contributed by atoms with Crippen molar-refractivity contribution in [1.29, 1.82) is 0 Å². The first-order valence-corrected chi connectivity index (χ1v) is 5.54. The minimum atomic E-state index is -0.228. The molecule has 0 bridgehead atoms. The fourth-order valence-corrected chi connectivity index (χ4v) is 2.47. The van der Waals surface area contributed by atoms with Gasteiger partial charge in [-0.1, -0.05) is 25.1 Å². The van der Waals surface area contributed by atoms with Gasteiger partial charge in [0.25, 0.3) is 0 Å². The van der Waals surface area contributed by atoms with E-state index in [4.69, 9.17) is 9.47 Å². The summed E-state index contributed by atoms with van der Waals surface area (Å²) in [4.78, 5) is 11.2. The van der Waals surface area contributed by atoms with Gasteiger partial charge in [-0.2, -0.15) is 0 Å². The summed E-state index contributed by atoms with van der Waals surface area (Å²) in [6, 6.07) is 7.80. The van der Waals surface area contributed by atoms with E-state index in [0.29, 0.717) is 0 Å². The molecule has 0 saturated heterocycles. The molecule has 1 aromatic carbocycles. The van der Waals surface area contributed by atoms with Crippen molar-refractivity contribution in [2.75, 3.05) is 0 Å². The zero-order valence-corrected chi connectivity index (χ0v) is 9.40. The minimum absolute atomic E-state index is 0.0278.